The summed E-state index contributed by atoms with van der Waals surface area (Å²) in [4.78, 5) is 35.6. The fourth-order valence-electron chi connectivity index (χ4n) is 4.37. The summed E-state index contributed by atoms with van der Waals surface area (Å²) >= 11 is 0. The van der Waals surface area contributed by atoms with E-state index in [9.17, 15) is 19.5 Å². The largest absolute Gasteiger partial charge is 0.480 e. The van der Waals surface area contributed by atoms with E-state index in [-0.39, 0.29) is 32.1 Å². The third-order valence-electron chi connectivity index (χ3n) is 6.17. The molecule has 0 aromatic heterocycles. The Hall–Kier alpha value is -4.59. The number of fused-ring (bicyclic) bond motifs is 3. The van der Waals surface area contributed by atoms with Gasteiger partial charge < -0.3 is 25.2 Å². The lowest BCUT2D eigenvalue weighted by Crippen LogP contribution is -2.42. The molecule has 0 saturated carbocycles. The van der Waals surface area contributed by atoms with Gasteiger partial charge in [0.15, 0.2) is 0 Å². The normalized spacial score (nSPS) is 12.5. The van der Waals surface area contributed by atoms with Crippen molar-refractivity contribution in [2.24, 2.45) is 0 Å². The van der Waals surface area contributed by atoms with Gasteiger partial charge in [-0.05, 0) is 33.4 Å². The smallest absolute Gasteiger partial charge is 0.408 e. The van der Waals surface area contributed by atoms with Crippen LogP contribution < -0.4 is 10.6 Å². The summed E-state index contributed by atoms with van der Waals surface area (Å²) < 4.78 is 10.3. The van der Waals surface area contributed by atoms with Gasteiger partial charge in [0, 0.05) is 18.9 Å². The van der Waals surface area contributed by atoms with Gasteiger partial charge in [-0.2, -0.15) is 0 Å². The second-order valence-corrected chi connectivity index (χ2v) is 8.62. The van der Waals surface area contributed by atoms with Crippen molar-refractivity contribution in [3.63, 3.8) is 0 Å². The molecule has 8 nitrogen and oxygen atoms in total. The minimum absolute atomic E-state index is 0.0104. The van der Waals surface area contributed by atoms with E-state index in [1.807, 2.05) is 24.3 Å². The van der Waals surface area contributed by atoms with E-state index in [2.05, 4.69) is 41.5 Å². The van der Waals surface area contributed by atoms with E-state index in [0.717, 1.165) is 16.7 Å². The first-order chi connectivity index (χ1) is 18.0. The maximum Gasteiger partial charge on any atom is 0.408 e. The van der Waals surface area contributed by atoms with Crippen LogP contribution in [0.3, 0.4) is 0 Å². The molecule has 1 aliphatic rings. The van der Waals surface area contributed by atoms with Gasteiger partial charge in [-0.3, -0.25) is 0 Å². The quantitative estimate of drug-likeness (QED) is 0.350. The number of carbonyl (C=O) groups is 3. The molecule has 0 radical (unpaired) electrons. The Morgan fingerprint density at radius 3 is 2.05 bits per heavy atom. The Labute approximate surface area is 214 Å². The van der Waals surface area contributed by atoms with Gasteiger partial charge in [0.25, 0.3) is 0 Å². The fourth-order valence-corrected chi connectivity index (χ4v) is 4.37. The van der Waals surface area contributed by atoms with Crippen LogP contribution in [0.1, 0.15) is 28.2 Å². The summed E-state index contributed by atoms with van der Waals surface area (Å²) in [5, 5.41) is 14.5. The minimum atomic E-state index is -1.17. The zero-order valence-electron chi connectivity index (χ0n) is 20.2. The number of carboxylic acid groups (broad SMARTS) is 1. The van der Waals surface area contributed by atoms with Crippen molar-refractivity contribution in [2.45, 2.75) is 24.9 Å². The number of rotatable bonds is 10. The van der Waals surface area contributed by atoms with Crippen LogP contribution in [0.15, 0.2) is 85.5 Å². The van der Waals surface area contributed by atoms with Crippen LogP contribution in [0.2, 0.25) is 0 Å². The van der Waals surface area contributed by atoms with Crippen LogP contribution >= 0.6 is 0 Å². The number of benzene rings is 3. The summed E-state index contributed by atoms with van der Waals surface area (Å²) in [6.45, 7) is 3.92. The zero-order valence-corrected chi connectivity index (χ0v) is 20.2. The maximum atomic E-state index is 12.4. The number of hydrogen-bond donors (Lipinski definition) is 3. The van der Waals surface area contributed by atoms with Crippen molar-refractivity contribution in [1.82, 2.24) is 10.6 Å². The Kier molecular flexibility index (Phi) is 8.20. The highest BCUT2D eigenvalue weighted by atomic mass is 16.6. The number of hydrogen-bond acceptors (Lipinski definition) is 5. The number of carbonyl (C=O) groups excluding carboxylic acids is 2. The molecule has 0 unspecified atom stereocenters. The molecule has 1 aliphatic carbocycles. The first-order valence-corrected chi connectivity index (χ1v) is 11.9. The zero-order chi connectivity index (χ0) is 26.2. The predicted octanol–water partition coefficient (Wildman–Crippen LogP) is 4.63. The Balaban J connectivity index is 1.27. The lowest BCUT2D eigenvalue weighted by molar-refractivity contribution is -0.139. The molecule has 4 rings (SSSR count). The molecule has 0 spiro atoms. The molecule has 3 aromatic rings. The molecule has 8 heteroatoms. The molecule has 0 aliphatic heterocycles. The molecule has 3 aromatic carbocycles. The van der Waals surface area contributed by atoms with Gasteiger partial charge in [0.2, 0.25) is 0 Å². The molecule has 1 atom stereocenters. The average molecular weight is 501 g/mol. The van der Waals surface area contributed by atoms with Gasteiger partial charge >= 0.3 is 18.2 Å². The highest BCUT2D eigenvalue weighted by molar-refractivity contribution is 5.80. The van der Waals surface area contributed by atoms with E-state index in [1.54, 1.807) is 24.3 Å². The van der Waals surface area contributed by atoms with Crippen LogP contribution in [-0.2, 0) is 27.2 Å². The number of aliphatic carboxylic acids is 1. The highest BCUT2D eigenvalue weighted by Gasteiger charge is 2.29. The SMILES string of the molecule is C=CCOC(=O)N[C@H](Cc1ccc(CNC(=O)OCC2c3ccccc3-c3ccccc32)cc1)C(=O)O. The molecule has 0 saturated heterocycles. The predicted molar refractivity (Wildman–Crippen MR) is 138 cm³/mol. The standard InChI is InChI=1S/C29H28N2O6/c1-2-15-36-29(35)31-26(27(32)33)16-19-11-13-20(14-12-19)17-30-28(34)37-18-25-23-9-5-3-7-21(23)22-8-4-6-10-24(22)25/h2-14,25-26H,1,15-18H2,(H,30,34)(H,31,35)(H,32,33)/t26-/m1/s1. The van der Waals surface area contributed by atoms with Crippen molar-refractivity contribution in [3.05, 3.63) is 108 Å². The average Bonchev–Trinajstić information content (AvgIpc) is 3.23. The van der Waals surface area contributed by atoms with E-state index in [0.29, 0.717) is 5.56 Å². The minimum Gasteiger partial charge on any atom is -0.480 e. The van der Waals surface area contributed by atoms with Crippen LogP contribution in [-0.4, -0.2) is 42.5 Å². The van der Waals surface area contributed by atoms with E-state index < -0.39 is 24.2 Å². The van der Waals surface area contributed by atoms with Crippen LogP contribution in [0.25, 0.3) is 11.1 Å². The third-order valence-corrected chi connectivity index (χ3v) is 6.17. The number of nitrogens with one attached hydrogen (secondary N) is 2. The van der Waals surface area contributed by atoms with Gasteiger partial charge in [0.1, 0.15) is 19.3 Å². The lowest BCUT2D eigenvalue weighted by atomic mass is 9.98. The summed E-state index contributed by atoms with van der Waals surface area (Å²) in [6, 6.07) is 22.2. The lowest BCUT2D eigenvalue weighted by Gasteiger charge is -2.15. The topological polar surface area (TPSA) is 114 Å². The highest BCUT2D eigenvalue weighted by Crippen LogP contribution is 2.44. The van der Waals surface area contributed by atoms with Crippen molar-refractivity contribution in [3.8, 4) is 11.1 Å². The molecule has 190 valence electrons. The molecule has 3 N–H and O–H groups in total. The molecular weight excluding hydrogens is 472 g/mol. The van der Waals surface area contributed by atoms with E-state index >= 15 is 0 Å². The van der Waals surface area contributed by atoms with E-state index in [1.165, 1.54) is 17.2 Å². The monoisotopic (exact) mass is 500 g/mol. The first-order valence-electron chi connectivity index (χ1n) is 11.9. The van der Waals surface area contributed by atoms with Crippen molar-refractivity contribution >= 4 is 18.2 Å². The Bertz CT molecular complexity index is 1240. The first kappa shape index (κ1) is 25.5. The van der Waals surface area contributed by atoms with Crippen LogP contribution in [0, 0.1) is 0 Å². The summed E-state index contributed by atoms with van der Waals surface area (Å²) in [7, 11) is 0. The number of alkyl carbamates (subject to hydrolysis) is 2. The third kappa shape index (κ3) is 6.35. The van der Waals surface area contributed by atoms with Crippen molar-refractivity contribution < 1.29 is 29.0 Å². The summed E-state index contributed by atoms with van der Waals surface area (Å²) in [5.41, 5.74) is 6.16. The van der Waals surface area contributed by atoms with Gasteiger partial charge in [-0.1, -0.05) is 85.5 Å². The number of carboxylic acids is 1. The van der Waals surface area contributed by atoms with Crippen LogP contribution in [0.4, 0.5) is 9.59 Å². The number of amides is 2. The Morgan fingerprint density at radius 2 is 1.46 bits per heavy atom. The molecule has 37 heavy (non-hydrogen) atoms. The van der Waals surface area contributed by atoms with Gasteiger partial charge in [0.05, 0.1) is 0 Å². The van der Waals surface area contributed by atoms with Crippen LogP contribution in [0.5, 0.6) is 0 Å². The second-order valence-electron chi connectivity index (χ2n) is 8.62. The van der Waals surface area contributed by atoms with Crippen molar-refractivity contribution in [1.29, 1.82) is 0 Å². The maximum absolute atomic E-state index is 12.4. The molecule has 0 fully saturated rings. The molecule has 2 amide bonds. The molecule has 0 bridgehead atoms. The van der Waals surface area contributed by atoms with E-state index in [4.69, 9.17) is 9.47 Å². The molecular formula is C29H28N2O6. The van der Waals surface area contributed by atoms with Gasteiger partial charge in [-0.25, -0.2) is 14.4 Å². The van der Waals surface area contributed by atoms with Crippen molar-refractivity contribution in [2.75, 3.05) is 13.2 Å². The summed E-state index contributed by atoms with van der Waals surface area (Å²) in [5.74, 6) is -1.18. The Morgan fingerprint density at radius 1 is 0.865 bits per heavy atom. The summed E-state index contributed by atoms with van der Waals surface area (Å²) in [6.07, 6.45) is 0.138. The fraction of sp³-hybridized carbons (Fsp3) is 0.207. The second kappa shape index (κ2) is 11.9. The van der Waals surface area contributed by atoms with Gasteiger partial charge in [-0.15, -0.1) is 0 Å². The number of ether oxygens (including phenoxy) is 2. The molecule has 0 heterocycles.